The highest BCUT2D eigenvalue weighted by Gasteiger charge is 2.21. The van der Waals surface area contributed by atoms with Gasteiger partial charge in [0.15, 0.2) is 5.65 Å². The molecule has 7 nitrogen and oxygen atoms in total. The van der Waals surface area contributed by atoms with Crippen molar-refractivity contribution in [1.29, 1.82) is 0 Å². The van der Waals surface area contributed by atoms with Gasteiger partial charge < -0.3 is 10.1 Å². The average molecular weight is 380 g/mol. The molecule has 148 valence electrons. The van der Waals surface area contributed by atoms with Crippen LogP contribution in [0.25, 0.3) is 11.2 Å². The number of imidazole rings is 1. The number of hydrogen-bond acceptors (Lipinski definition) is 6. The minimum atomic E-state index is 0.419. The van der Waals surface area contributed by atoms with E-state index in [-0.39, 0.29) is 0 Å². The maximum absolute atomic E-state index is 5.54. The van der Waals surface area contributed by atoms with Crippen molar-refractivity contribution in [2.75, 3.05) is 31.6 Å². The van der Waals surface area contributed by atoms with Crippen molar-refractivity contribution < 1.29 is 4.74 Å². The SMILES string of the molecule is CCOCCn1c(NC2CCN(Cc3ccccc3)CC2)nc2cncnc21. The van der Waals surface area contributed by atoms with Crippen molar-refractivity contribution in [2.45, 2.75) is 38.9 Å². The number of ether oxygens (including phenoxy) is 1. The number of nitrogens with zero attached hydrogens (tertiary/aromatic N) is 5. The maximum atomic E-state index is 5.54. The quantitative estimate of drug-likeness (QED) is 0.606. The normalized spacial score (nSPS) is 15.9. The fraction of sp³-hybridized carbons (Fsp3) is 0.476. The second-order valence-electron chi connectivity index (χ2n) is 7.20. The molecule has 0 atom stereocenters. The Bertz CT molecular complexity index is 873. The zero-order valence-corrected chi connectivity index (χ0v) is 16.4. The van der Waals surface area contributed by atoms with Crippen LogP contribution in [-0.2, 0) is 17.8 Å². The lowest BCUT2D eigenvalue weighted by atomic mass is 10.0. The minimum Gasteiger partial charge on any atom is -0.380 e. The summed E-state index contributed by atoms with van der Waals surface area (Å²) in [6.07, 6.45) is 5.56. The number of nitrogens with one attached hydrogen (secondary N) is 1. The van der Waals surface area contributed by atoms with E-state index in [1.54, 1.807) is 12.5 Å². The van der Waals surface area contributed by atoms with Crippen LogP contribution >= 0.6 is 0 Å². The third-order valence-electron chi connectivity index (χ3n) is 5.24. The highest BCUT2D eigenvalue weighted by Crippen LogP contribution is 2.21. The zero-order chi connectivity index (χ0) is 19.2. The molecule has 0 amide bonds. The molecule has 1 fully saturated rings. The van der Waals surface area contributed by atoms with Crippen LogP contribution in [0.3, 0.4) is 0 Å². The van der Waals surface area contributed by atoms with Crippen molar-refractivity contribution in [2.24, 2.45) is 0 Å². The molecular weight excluding hydrogens is 352 g/mol. The minimum absolute atomic E-state index is 0.419. The number of benzene rings is 1. The Kier molecular flexibility index (Phi) is 6.14. The third-order valence-corrected chi connectivity index (χ3v) is 5.24. The molecule has 1 N–H and O–H groups in total. The highest BCUT2D eigenvalue weighted by atomic mass is 16.5. The molecule has 3 heterocycles. The first-order chi connectivity index (χ1) is 13.8. The second-order valence-corrected chi connectivity index (χ2v) is 7.20. The van der Waals surface area contributed by atoms with E-state index in [1.165, 1.54) is 5.56 Å². The van der Waals surface area contributed by atoms with Gasteiger partial charge in [-0.3, -0.25) is 9.47 Å². The molecule has 4 rings (SSSR count). The van der Waals surface area contributed by atoms with Crippen LogP contribution < -0.4 is 5.32 Å². The van der Waals surface area contributed by atoms with Gasteiger partial charge in [0.2, 0.25) is 5.95 Å². The van der Waals surface area contributed by atoms with Crippen molar-refractivity contribution in [3.63, 3.8) is 0 Å². The van der Waals surface area contributed by atoms with Gasteiger partial charge in [-0.15, -0.1) is 0 Å². The van der Waals surface area contributed by atoms with Crippen molar-refractivity contribution >= 4 is 17.1 Å². The lowest BCUT2D eigenvalue weighted by Crippen LogP contribution is -2.39. The van der Waals surface area contributed by atoms with Crippen molar-refractivity contribution in [1.82, 2.24) is 24.4 Å². The summed E-state index contributed by atoms with van der Waals surface area (Å²) in [6, 6.07) is 11.1. The number of hydrogen-bond donors (Lipinski definition) is 1. The van der Waals surface area contributed by atoms with Gasteiger partial charge in [-0.05, 0) is 25.3 Å². The Morgan fingerprint density at radius 3 is 2.79 bits per heavy atom. The second kappa shape index (κ2) is 9.12. The van der Waals surface area contributed by atoms with Crippen LogP contribution in [0.4, 0.5) is 5.95 Å². The van der Waals surface area contributed by atoms with E-state index < -0.39 is 0 Å². The van der Waals surface area contributed by atoms with Gasteiger partial charge in [-0.2, -0.15) is 0 Å². The summed E-state index contributed by atoms with van der Waals surface area (Å²) >= 11 is 0. The molecule has 7 heteroatoms. The molecule has 1 saturated heterocycles. The first-order valence-electron chi connectivity index (χ1n) is 10.1. The van der Waals surface area contributed by atoms with Gasteiger partial charge in [0.1, 0.15) is 11.8 Å². The van der Waals surface area contributed by atoms with E-state index in [1.807, 2.05) is 6.92 Å². The van der Waals surface area contributed by atoms with Gasteiger partial charge in [0, 0.05) is 32.3 Å². The van der Waals surface area contributed by atoms with Gasteiger partial charge in [-0.1, -0.05) is 30.3 Å². The third kappa shape index (κ3) is 4.48. The molecule has 28 heavy (non-hydrogen) atoms. The molecule has 1 aromatic carbocycles. The number of piperidine rings is 1. The average Bonchev–Trinajstić information content (AvgIpc) is 3.08. The number of fused-ring (bicyclic) bond motifs is 1. The Morgan fingerprint density at radius 2 is 2.00 bits per heavy atom. The highest BCUT2D eigenvalue weighted by molar-refractivity contribution is 5.73. The van der Waals surface area contributed by atoms with Gasteiger partial charge >= 0.3 is 0 Å². The Morgan fingerprint density at radius 1 is 1.18 bits per heavy atom. The van der Waals surface area contributed by atoms with Gasteiger partial charge in [0.05, 0.1) is 19.3 Å². The van der Waals surface area contributed by atoms with Gasteiger partial charge in [-0.25, -0.2) is 15.0 Å². The zero-order valence-electron chi connectivity index (χ0n) is 16.4. The summed E-state index contributed by atoms with van der Waals surface area (Å²) in [6.45, 7) is 7.31. The van der Waals surface area contributed by atoms with Crippen LogP contribution in [0.5, 0.6) is 0 Å². The largest absolute Gasteiger partial charge is 0.380 e. The number of rotatable bonds is 8. The molecule has 0 unspecified atom stereocenters. The topological polar surface area (TPSA) is 68.1 Å². The van der Waals surface area contributed by atoms with Crippen LogP contribution in [-0.4, -0.2) is 56.8 Å². The summed E-state index contributed by atoms with van der Waals surface area (Å²) in [4.78, 5) is 15.8. The summed E-state index contributed by atoms with van der Waals surface area (Å²) < 4.78 is 7.66. The van der Waals surface area contributed by atoms with Crippen LogP contribution in [0, 0.1) is 0 Å². The molecular formula is C21H28N6O. The first-order valence-corrected chi connectivity index (χ1v) is 10.1. The molecule has 0 aliphatic carbocycles. The van der Waals surface area contributed by atoms with Crippen LogP contribution in [0.15, 0.2) is 42.9 Å². The smallest absolute Gasteiger partial charge is 0.205 e. The standard InChI is InChI=1S/C21H28N6O/c1-2-28-13-12-27-20-19(14-22-16-23-20)25-21(27)24-18-8-10-26(11-9-18)15-17-6-4-3-5-7-17/h3-7,14,16,18H,2,8-13,15H2,1H3,(H,24,25). The Hall–Kier alpha value is -2.51. The van der Waals surface area contributed by atoms with E-state index >= 15 is 0 Å². The predicted octanol–water partition coefficient (Wildman–Crippen LogP) is 2.94. The first kappa shape index (κ1) is 18.8. The Balaban J connectivity index is 1.39. The van der Waals surface area contributed by atoms with E-state index in [9.17, 15) is 0 Å². The van der Waals surface area contributed by atoms with Crippen LogP contribution in [0.1, 0.15) is 25.3 Å². The van der Waals surface area contributed by atoms with E-state index in [4.69, 9.17) is 9.72 Å². The lowest BCUT2D eigenvalue weighted by Gasteiger charge is -2.32. The number of likely N-dealkylation sites (tertiary alicyclic amines) is 1. The van der Waals surface area contributed by atoms with E-state index in [0.29, 0.717) is 19.3 Å². The summed E-state index contributed by atoms with van der Waals surface area (Å²) in [5.74, 6) is 0.872. The van der Waals surface area contributed by atoms with Crippen LogP contribution in [0.2, 0.25) is 0 Å². The molecule has 1 aliphatic heterocycles. The fourth-order valence-electron chi connectivity index (χ4n) is 3.76. The summed E-state index contributed by atoms with van der Waals surface area (Å²) in [5, 5.41) is 3.65. The van der Waals surface area contributed by atoms with Gasteiger partial charge in [0.25, 0.3) is 0 Å². The molecule has 0 bridgehead atoms. The molecule has 3 aromatic rings. The molecule has 2 aromatic heterocycles. The molecule has 0 radical (unpaired) electrons. The fourth-order valence-corrected chi connectivity index (χ4v) is 3.76. The molecule has 1 aliphatic rings. The number of anilines is 1. The van der Waals surface area contributed by atoms with E-state index in [0.717, 1.165) is 56.1 Å². The predicted molar refractivity (Wildman–Crippen MR) is 110 cm³/mol. The number of aromatic nitrogens is 4. The lowest BCUT2D eigenvalue weighted by molar-refractivity contribution is 0.140. The summed E-state index contributed by atoms with van der Waals surface area (Å²) in [7, 11) is 0. The molecule has 0 spiro atoms. The monoisotopic (exact) mass is 380 g/mol. The molecule has 0 saturated carbocycles. The van der Waals surface area contributed by atoms with E-state index in [2.05, 4.69) is 55.1 Å². The summed E-state index contributed by atoms with van der Waals surface area (Å²) in [5.41, 5.74) is 3.06. The maximum Gasteiger partial charge on any atom is 0.205 e. The van der Waals surface area contributed by atoms with Crippen molar-refractivity contribution in [3.8, 4) is 0 Å². The Labute approximate surface area is 165 Å². The van der Waals surface area contributed by atoms with Crippen molar-refractivity contribution in [3.05, 3.63) is 48.4 Å².